The van der Waals surface area contributed by atoms with Gasteiger partial charge in [-0.3, -0.25) is 9.78 Å². The number of nitrogens with one attached hydrogen (secondary N) is 1. The van der Waals surface area contributed by atoms with Crippen LogP contribution >= 0.6 is 0 Å². The zero-order chi connectivity index (χ0) is 20.7. The second-order valence-electron chi connectivity index (χ2n) is 8.32. The highest BCUT2D eigenvalue weighted by atomic mass is 16.5. The Balaban J connectivity index is 1.37. The summed E-state index contributed by atoms with van der Waals surface area (Å²) in [7, 11) is 0. The highest BCUT2D eigenvalue weighted by molar-refractivity contribution is 5.98. The van der Waals surface area contributed by atoms with Gasteiger partial charge in [-0.15, -0.1) is 0 Å². The molecule has 5 rings (SSSR count). The lowest BCUT2D eigenvalue weighted by molar-refractivity contribution is -0.117. The van der Waals surface area contributed by atoms with Crippen LogP contribution in [0.15, 0.2) is 36.8 Å². The Hall–Kier alpha value is -3.06. The fourth-order valence-electron chi connectivity index (χ4n) is 4.51. The first-order valence-electron chi connectivity index (χ1n) is 10.5. The summed E-state index contributed by atoms with van der Waals surface area (Å²) in [4.78, 5) is 25.9. The lowest BCUT2D eigenvalue weighted by Gasteiger charge is -2.21. The Kier molecular flexibility index (Phi) is 4.83. The van der Waals surface area contributed by atoms with E-state index >= 15 is 0 Å². The quantitative estimate of drug-likeness (QED) is 0.690. The number of aromatic nitrogens is 3. The van der Waals surface area contributed by atoms with E-state index in [2.05, 4.69) is 20.3 Å². The van der Waals surface area contributed by atoms with Crippen LogP contribution < -0.4 is 11.1 Å². The Labute approximate surface area is 175 Å². The number of nitrogens with two attached hydrogens (primary N) is 1. The number of hydrogen-bond donors (Lipinski definition) is 2. The molecule has 2 fully saturated rings. The number of rotatable bonds is 4. The standard InChI is InChI=1S/C23H25N5O2/c1-13-2-5-25-11-18(13)20-8-15-9-21(26-12-19(15)22(24)27-20)28-23(29)17-10-16(17)14-3-6-30-7-4-14/h2,5,8-9,11-12,14,16-17H,3-4,6-7,10H2,1H3,(H2,24,27)(H,26,28,29)/t16-,17+/m0/s1. The molecule has 4 heterocycles. The van der Waals surface area contributed by atoms with Crippen molar-refractivity contribution in [3.63, 3.8) is 0 Å². The van der Waals surface area contributed by atoms with E-state index in [1.54, 1.807) is 18.6 Å². The van der Waals surface area contributed by atoms with E-state index in [4.69, 9.17) is 10.5 Å². The van der Waals surface area contributed by atoms with Crippen LogP contribution in [0.3, 0.4) is 0 Å². The number of ether oxygens (including phenoxy) is 1. The maximum atomic E-state index is 12.7. The first kappa shape index (κ1) is 18.9. The smallest absolute Gasteiger partial charge is 0.228 e. The molecular weight excluding hydrogens is 378 g/mol. The lowest BCUT2D eigenvalue weighted by atomic mass is 9.93. The van der Waals surface area contributed by atoms with Crippen molar-refractivity contribution in [3.05, 3.63) is 42.4 Å². The Morgan fingerprint density at radius 3 is 2.87 bits per heavy atom. The number of aryl methyl sites for hydroxylation is 1. The van der Waals surface area contributed by atoms with Crippen LogP contribution in [-0.2, 0) is 9.53 Å². The van der Waals surface area contributed by atoms with E-state index in [1.807, 2.05) is 25.1 Å². The molecule has 30 heavy (non-hydrogen) atoms. The van der Waals surface area contributed by atoms with Gasteiger partial charge >= 0.3 is 0 Å². The van der Waals surface area contributed by atoms with E-state index < -0.39 is 0 Å². The minimum atomic E-state index is 0.0590. The van der Waals surface area contributed by atoms with Crippen molar-refractivity contribution in [1.29, 1.82) is 0 Å². The van der Waals surface area contributed by atoms with Crippen LogP contribution in [-0.4, -0.2) is 34.1 Å². The summed E-state index contributed by atoms with van der Waals surface area (Å²) in [6.07, 6.45) is 8.31. The number of carbonyl (C=O) groups is 1. The number of amides is 1. The molecule has 3 aromatic rings. The van der Waals surface area contributed by atoms with Crippen molar-refractivity contribution in [2.45, 2.75) is 26.2 Å². The first-order valence-corrected chi connectivity index (χ1v) is 10.5. The molecule has 3 aromatic heterocycles. The van der Waals surface area contributed by atoms with Crippen molar-refractivity contribution in [2.75, 3.05) is 24.3 Å². The number of pyridine rings is 3. The number of anilines is 2. The zero-order valence-corrected chi connectivity index (χ0v) is 17.0. The minimum absolute atomic E-state index is 0.0590. The molecule has 1 saturated carbocycles. The maximum Gasteiger partial charge on any atom is 0.228 e. The molecule has 0 unspecified atom stereocenters. The average molecular weight is 403 g/mol. The highest BCUT2D eigenvalue weighted by Gasteiger charge is 2.47. The van der Waals surface area contributed by atoms with Gasteiger partial charge in [-0.1, -0.05) is 0 Å². The van der Waals surface area contributed by atoms with Crippen molar-refractivity contribution < 1.29 is 9.53 Å². The molecule has 2 atom stereocenters. The molecule has 0 spiro atoms. The summed E-state index contributed by atoms with van der Waals surface area (Å²) < 4.78 is 5.44. The van der Waals surface area contributed by atoms with E-state index in [1.165, 1.54) is 0 Å². The molecule has 1 amide bonds. The Morgan fingerprint density at radius 2 is 2.07 bits per heavy atom. The predicted octanol–water partition coefficient (Wildman–Crippen LogP) is 3.58. The summed E-state index contributed by atoms with van der Waals surface area (Å²) in [5, 5.41) is 4.66. The second kappa shape index (κ2) is 7.65. The molecule has 0 aromatic carbocycles. The van der Waals surface area contributed by atoms with Crippen molar-refractivity contribution >= 4 is 28.3 Å². The molecule has 1 aliphatic carbocycles. The number of fused-ring (bicyclic) bond motifs is 1. The Morgan fingerprint density at radius 1 is 1.23 bits per heavy atom. The van der Waals surface area contributed by atoms with Crippen LogP contribution in [0.1, 0.15) is 24.8 Å². The number of hydrogen-bond acceptors (Lipinski definition) is 6. The number of nitrogen functional groups attached to an aromatic ring is 1. The minimum Gasteiger partial charge on any atom is -0.383 e. The second-order valence-corrected chi connectivity index (χ2v) is 8.32. The summed E-state index contributed by atoms with van der Waals surface area (Å²) in [6.45, 7) is 3.65. The molecule has 7 nitrogen and oxygen atoms in total. The first-order chi connectivity index (χ1) is 14.6. The van der Waals surface area contributed by atoms with Gasteiger partial charge in [0.25, 0.3) is 0 Å². The lowest BCUT2D eigenvalue weighted by Crippen LogP contribution is -2.21. The van der Waals surface area contributed by atoms with Crippen molar-refractivity contribution in [3.8, 4) is 11.3 Å². The van der Waals surface area contributed by atoms with Gasteiger partial charge in [0.1, 0.15) is 11.6 Å². The topological polar surface area (TPSA) is 103 Å². The highest BCUT2D eigenvalue weighted by Crippen LogP contribution is 2.48. The van der Waals surface area contributed by atoms with E-state index in [0.717, 1.165) is 60.1 Å². The number of nitrogens with zero attached hydrogens (tertiary/aromatic N) is 3. The molecule has 1 aliphatic heterocycles. The molecule has 0 bridgehead atoms. The average Bonchev–Trinajstić information content (AvgIpc) is 3.56. The third kappa shape index (κ3) is 3.61. The monoisotopic (exact) mass is 403 g/mol. The van der Waals surface area contributed by atoms with Gasteiger partial charge < -0.3 is 15.8 Å². The molecular formula is C23H25N5O2. The largest absolute Gasteiger partial charge is 0.383 e. The van der Waals surface area contributed by atoms with Crippen LogP contribution in [0.2, 0.25) is 0 Å². The summed E-state index contributed by atoms with van der Waals surface area (Å²) >= 11 is 0. The van der Waals surface area contributed by atoms with Gasteiger partial charge in [-0.05, 0) is 67.2 Å². The molecule has 154 valence electrons. The fraction of sp³-hybridized carbons (Fsp3) is 0.391. The fourth-order valence-corrected chi connectivity index (χ4v) is 4.51. The van der Waals surface area contributed by atoms with Gasteiger partial charge in [0.15, 0.2) is 0 Å². The third-order valence-electron chi connectivity index (χ3n) is 6.36. The van der Waals surface area contributed by atoms with Gasteiger partial charge in [0.2, 0.25) is 5.91 Å². The van der Waals surface area contributed by atoms with Crippen molar-refractivity contribution in [2.24, 2.45) is 17.8 Å². The predicted molar refractivity (Wildman–Crippen MR) is 116 cm³/mol. The maximum absolute atomic E-state index is 12.7. The molecule has 3 N–H and O–H groups in total. The molecule has 7 heteroatoms. The number of carbonyl (C=O) groups excluding carboxylic acids is 1. The summed E-state index contributed by atoms with van der Waals surface area (Å²) in [5.41, 5.74) is 8.96. The Bertz CT molecular complexity index is 1110. The van der Waals surface area contributed by atoms with Crippen LogP contribution in [0.25, 0.3) is 22.0 Å². The molecule has 0 radical (unpaired) electrons. The molecule has 2 aliphatic rings. The SMILES string of the molecule is Cc1ccncc1-c1cc2cc(NC(=O)[C@@H]3C[C@H]3C3CCOCC3)ncc2c(N)n1. The van der Waals surface area contributed by atoms with Gasteiger partial charge in [-0.2, -0.15) is 0 Å². The van der Waals surface area contributed by atoms with Gasteiger partial charge in [0.05, 0.1) is 5.69 Å². The van der Waals surface area contributed by atoms with Gasteiger partial charge in [-0.25, -0.2) is 9.97 Å². The van der Waals surface area contributed by atoms with Crippen LogP contribution in [0.4, 0.5) is 11.6 Å². The zero-order valence-electron chi connectivity index (χ0n) is 17.0. The van der Waals surface area contributed by atoms with Crippen molar-refractivity contribution in [1.82, 2.24) is 15.0 Å². The van der Waals surface area contributed by atoms with E-state index in [0.29, 0.717) is 23.5 Å². The summed E-state index contributed by atoms with van der Waals surface area (Å²) in [5.74, 6) is 2.19. The van der Waals surface area contributed by atoms with Crippen LogP contribution in [0.5, 0.6) is 0 Å². The third-order valence-corrected chi connectivity index (χ3v) is 6.36. The summed E-state index contributed by atoms with van der Waals surface area (Å²) in [6, 6.07) is 5.78. The van der Waals surface area contributed by atoms with Gasteiger partial charge in [0, 0.05) is 48.7 Å². The van der Waals surface area contributed by atoms with E-state index in [9.17, 15) is 4.79 Å². The normalized spacial score (nSPS) is 21.5. The van der Waals surface area contributed by atoms with E-state index in [-0.39, 0.29) is 11.8 Å². The molecule has 1 saturated heterocycles. The van der Waals surface area contributed by atoms with Crippen LogP contribution in [0, 0.1) is 24.7 Å².